The van der Waals surface area contributed by atoms with E-state index in [0.717, 1.165) is 39.3 Å². The van der Waals surface area contributed by atoms with Gasteiger partial charge in [0.05, 0.1) is 6.42 Å². The Morgan fingerprint density at radius 1 is 0.921 bits per heavy atom. The SMILES string of the molecule is CN(C(=O)OCC1c2ccccc2-c2ccccc21)c1cc(CC(=O)OC(C)(C)C)cc([B-](F)(F)F)c1.[K+]. The zero-order valence-corrected chi connectivity index (χ0v) is 25.3. The minimum atomic E-state index is -5.37. The fourth-order valence-corrected chi connectivity index (χ4v) is 4.52. The number of esters is 1. The summed E-state index contributed by atoms with van der Waals surface area (Å²) in [5, 5.41) is 0. The van der Waals surface area contributed by atoms with E-state index in [4.69, 9.17) is 9.47 Å². The molecule has 0 saturated carbocycles. The Balaban J connectivity index is 0.00000400. The molecule has 0 aliphatic heterocycles. The Morgan fingerprint density at radius 3 is 2.00 bits per heavy atom. The fraction of sp³-hybridized carbons (Fsp3) is 0.286. The number of carbonyl (C=O) groups is 2. The third kappa shape index (κ3) is 7.09. The summed E-state index contributed by atoms with van der Waals surface area (Å²) in [6, 6.07) is 18.9. The molecule has 0 bridgehead atoms. The summed E-state index contributed by atoms with van der Waals surface area (Å²) in [6.45, 7) is -0.303. The van der Waals surface area contributed by atoms with E-state index in [1.54, 1.807) is 20.8 Å². The van der Waals surface area contributed by atoms with Gasteiger partial charge in [-0.25, -0.2) is 4.79 Å². The number of halogens is 3. The first-order valence-electron chi connectivity index (χ1n) is 12.0. The van der Waals surface area contributed by atoms with Crippen molar-refractivity contribution in [1.29, 1.82) is 0 Å². The van der Waals surface area contributed by atoms with Crippen molar-refractivity contribution >= 4 is 30.2 Å². The van der Waals surface area contributed by atoms with Gasteiger partial charge >= 0.3 is 70.4 Å². The van der Waals surface area contributed by atoms with Gasteiger partial charge in [0.15, 0.2) is 0 Å². The number of hydrogen-bond donors (Lipinski definition) is 0. The summed E-state index contributed by atoms with van der Waals surface area (Å²) < 4.78 is 51.8. The summed E-state index contributed by atoms with van der Waals surface area (Å²) in [5.74, 6) is -0.841. The number of carbonyl (C=O) groups excluding carboxylic acids is 2. The molecule has 38 heavy (non-hydrogen) atoms. The number of benzene rings is 3. The van der Waals surface area contributed by atoms with Crippen LogP contribution in [0, 0.1) is 0 Å². The second-order valence-corrected chi connectivity index (χ2v) is 10.1. The second kappa shape index (κ2) is 12.0. The number of hydrogen-bond acceptors (Lipinski definition) is 4. The molecule has 0 heterocycles. The van der Waals surface area contributed by atoms with Crippen LogP contribution >= 0.6 is 0 Å². The maximum atomic E-state index is 13.7. The molecule has 0 spiro atoms. The molecule has 10 heteroatoms. The largest absolute Gasteiger partial charge is 1.00 e. The Labute approximate surface area is 263 Å². The van der Waals surface area contributed by atoms with Crippen molar-refractivity contribution in [3.05, 3.63) is 83.4 Å². The van der Waals surface area contributed by atoms with E-state index in [-0.39, 0.29) is 81.6 Å². The number of amides is 1. The molecule has 0 fully saturated rings. The van der Waals surface area contributed by atoms with Crippen molar-refractivity contribution in [1.82, 2.24) is 0 Å². The molecule has 1 amide bonds. The predicted molar refractivity (Wildman–Crippen MR) is 138 cm³/mol. The third-order valence-electron chi connectivity index (χ3n) is 6.14. The summed E-state index contributed by atoms with van der Waals surface area (Å²) in [5.41, 5.74) is 2.59. The summed E-state index contributed by atoms with van der Waals surface area (Å²) >= 11 is 0. The number of fused-ring (bicyclic) bond motifs is 3. The van der Waals surface area contributed by atoms with Crippen molar-refractivity contribution < 1.29 is 83.4 Å². The van der Waals surface area contributed by atoms with Crippen molar-refractivity contribution in [2.75, 3.05) is 18.6 Å². The van der Waals surface area contributed by atoms with Crippen LogP contribution in [0.1, 0.15) is 43.4 Å². The van der Waals surface area contributed by atoms with Gasteiger partial charge in [-0.05, 0) is 54.7 Å². The van der Waals surface area contributed by atoms with Gasteiger partial charge < -0.3 is 22.4 Å². The van der Waals surface area contributed by atoms with Gasteiger partial charge in [0.25, 0.3) is 0 Å². The average Bonchev–Trinajstić information content (AvgIpc) is 3.13. The van der Waals surface area contributed by atoms with Crippen LogP contribution in [0.2, 0.25) is 0 Å². The summed E-state index contributed by atoms with van der Waals surface area (Å²) in [4.78, 5) is 26.2. The molecule has 0 radical (unpaired) electrons. The molecule has 0 N–H and O–H groups in total. The van der Waals surface area contributed by atoms with Crippen LogP contribution in [0.5, 0.6) is 0 Å². The minimum absolute atomic E-state index is 0. The molecule has 1 aliphatic carbocycles. The first-order chi connectivity index (χ1) is 17.3. The Morgan fingerprint density at radius 2 is 1.47 bits per heavy atom. The predicted octanol–water partition coefficient (Wildman–Crippen LogP) is 3.01. The summed E-state index contributed by atoms with van der Waals surface area (Å²) in [6.07, 6.45) is -1.15. The van der Waals surface area contributed by atoms with Crippen LogP contribution in [-0.2, 0) is 20.7 Å². The first-order valence-corrected chi connectivity index (χ1v) is 12.0. The molecule has 0 atom stereocenters. The first kappa shape index (κ1) is 30.4. The standard InChI is InChI=1S/C28H28BF3NO4.K/c1-28(2,3)37-26(34)15-18-13-19(29(30,31)32)16-20(14-18)33(4)27(35)36-17-25-23-11-7-5-9-21(23)22-10-6-8-12-24(22)25;/h5-14,16,25H,15,17H2,1-4H3;/q-1;+1. The Bertz CT molecular complexity index is 1290. The fourth-order valence-electron chi connectivity index (χ4n) is 4.52. The van der Waals surface area contributed by atoms with Gasteiger partial charge in [-0.15, -0.1) is 5.46 Å². The minimum Gasteiger partial charge on any atom is -0.460 e. The molecular weight excluding hydrogens is 521 g/mol. The quantitative estimate of drug-likeness (QED) is 0.351. The van der Waals surface area contributed by atoms with Crippen molar-refractivity contribution in [3.63, 3.8) is 0 Å². The zero-order valence-electron chi connectivity index (χ0n) is 22.1. The zero-order chi connectivity index (χ0) is 27.0. The molecule has 0 saturated heterocycles. The number of ether oxygens (including phenoxy) is 2. The van der Waals surface area contributed by atoms with Crippen molar-refractivity contribution in [2.24, 2.45) is 0 Å². The van der Waals surface area contributed by atoms with Crippen LogP contribution in [0.3, 0.4) is 0 Å². The molecule has 3 aromatic rings. The van der Waals surface area contributed by atoms with E-state index in [2.05, 4.69) is 0 Å². The topological polar surface area (TPSA) is 55.8 Å². The van der Waals surface area contributed by atoms with Crippen LogP contribution in [0.4, 0.5) is 23.4 Å². The molecular formula is C28H28BF3KNO4. The second-order valence-electron chi connectivity index (χ2n) is 10.1. The smallest absolute Gasteiger partial charge is 0.460 e. The van der Waals surface area contributed by atoms with Gasteiger partial charge in [-0.1, -0.05) is 60.7 Å². The van der Waals surface area contributed by atoms with Crippen LogP contribution < -0.4 is 61.7 Å². The van der Waals surface area contributed by atoms with E-state index in [1.807, 2.05) is 48.5 Å². The maximum Gasteiger partial charge on any atom is 1.00 e. The normalized spacial score (nSPS) is 12.7. The van der Waals surface area contributed by atoms with Crippen molar-refractivity contribution in [3.8, 4) is 11.1 Å². The van der Waals surface area contributed by atoms with E-state index < -0.39 is 30.1 Å². The number of anilines is 1. The molecule has 0 unspecified atom stereocenters. The number of nitrogens with zero attached hydrogens (tertiary/aromatic N) is 1. The van der Waals surface area contributed by atoms with E-state index >= 15 is 0 Å². The van der Waals surface area contributed by atoms with E-state index in [0.29, 0.717) is 0 Å². The summed E-state index contributed by atoms with van der Waals surface area (Å²) in [7, 11) is 1.35. The average molecular weight is 549 g/mol. The Kier molecular flexibility index (Phi) is 9.58. The molecule has 4 rings (SSSR count). The van der Waals surface area contributed by atoms with Gasteiger partial charge in [0.1, 0.15) is 12.2 Å². The third-order valence-corrected chi connectivity index (χ3v) is 6.14. The molecule has 3 aromatic carbocycles. The van der Waals surface area contributed by atoms with Gasteiger partial charge in [0, 0.05) is 18.7 Å². The van der Waals surface area contributed by atoms with E-state index in [1.165, 1.54) is 13.1 Å². The molecule has 0 aromatic heterocycles. The maximum absolute atomic E-state index is 13.7. The molecule has 194 valence electrons. The Hall–Kier alpha value is -2.11. The van der Waals surface area contributed by atoms with Crippen LogP contribution in [0.15, 0.2) is 66.7 Å². The van der Waals surface area contributed by atoms with Gasteiger partial charge in [-0.3, -0.25) is 9.69 Å². The molecule has 5 nitrogen and oxygen atoms in total. The van der Waals surface area contributed by atoms with Gasteiger partial charge in [0.2, 0.25) is 0 Å². The molecule has 1 aliphatic rings. The van der Waals surface area contributed by atoms with Crippen molar-refractivity contribution in [2.45, 2.75) is 38.7 Å². The van der Waals surface area contributed by atoms with Crippen LogP contribution in [0.25, 0.3) is 11.1 Å². The monoisotopic (exact) mass is 549 g/mol. The number of rotatable bonds is 6. The van der Waals surface area contributed by atoms with E-state index in [9.17, 15) is 22.5 Å². The van der Waals surface area contributed by atoms with Crippen LogP contribution in [-0.4, -0.2) is 38.3 Å². The van der Waals surface area contributed by atoms with Gasteiger partial charge in [-0.2, -0.15) is 0 Å².